The predicted molar refractivity (Wildman–Crippen MR) is 113 cm³/mol. The van der Waals surface area contributed by atoms with E-state index in [1.165, 1.54) is 40.7 Å². The van der Waals surface area contributed by atoms with Crippen LogP contribution in [0.3, 0.4) is 0 Å². The molecule has 0 aromatic heterocycles. The second-order valence-electron chi connectivity index (χ2n) is 7.15. The Kier molecular flexibility index (Phi) is 5.55. The van der Waals surface area contributed by atoms with Gasteiger partial charge in [-0.3, -0.25) is 9.10 Å². The third kappa shape index (κ3) is 4.07. The number of benzene rings is 3. The summed E-state index contributed by atoms with van der Waals surface area (Å²) in [6.45, 7) is 0.608. The molecule has 7 heteroatoms. The zero-order chi connectivity index (χ0) is 21.1. The molecule has 0 saturated heterocycles. The summed E-state index contributed by atoms with van der Waals surface area (Å²) in [7, 11) is -3.72. The zero-order valence-electron chi connectivity index (χ0n) is 16.2. The van der Waals surface area contributed by atoms with Crippen molar-refractivity contribution >= 4 is 21.6 Å². The first kappa shape index (κ1) is 20.1. The molecule has 1 amide bonds. The Labute approximate surface area is 175 Å². The van der Waals surface area contributed by atoms with E-state index < -0.39 is 10.0 Å². The van der Waals surface area contributed by atoms with E-state index in [1.807, 2.05) is 24.3 Å². The number of carbonyl (C=O) groups is 1. The van der Waals surface area contributed by atoms with Crippen molar-refractivity contribution in [2.45, 2.75) is 24.3 Å². The fraction of sp³-hybridized carbons (Fsp3) is 0.174. The number of rotatable bonds is 5. The Morgan fingerprint density at radius 1 is 1.00 bits per heavy atom. The molecule has 5 nitrogen and oxygen atoms in total. The van der Waals surface area contributed by atoms with Crippen molar-refractivity contribution in [3.05, 3.63) is 95.3 Å². The summed E-state index contributed by atoms with van der Waals surface area (Å²) in [6, 6.07) is 19.4. The molecule has 0 aliphatic carbocycles. The van der Waals surface area contributed by atoms with Gasteiger partial charge in [0.15, 0.2) is 0 Å². The number of carbonyl (C=O) groups excluding carboxylic acids is 1. The summed E-state index contributed by atoms with van der Waals surface area (Å²) in [5.41, 5.74) is 2.71. The number of halogens is 1. The smallest absolute Gasteiger partial charge is 0.264 e. The topological polar surface area (TPSA) is 66.5 Å². The molecule has 30 heavy (non-hydrogen) atoms. The molecule has 0 radical (unpaired) electrons. The van der Waals surface area contributed by atoms with Gasteiger partial charge < -0.3 is 5.32 Å². The maximum absolute atomic E-state index is 13.2. The molecule has 1 heterocycles. The van der Waals surface area contributed by atoms with E-state index in [4.69, 9.17) is 0 Å². The lowest BCUT2D eigenvalue weighted by atomic mass is 10.0. The molecular weight excluding hydrogens is 403 g/mol. The van der Waals surface area contributed by atoms with E-state index >= 15 is 0 Å². The van der Waals surface area contributed by atoms with Crippen LogP contribution < -0.4 is 9.62 Å². The van der Waals surface area contributed by atoms with E-state index in [9.17, 15) is 17.6 Å². The number of anilines is 1. The first-order chi connectivity index (χ1) is 14.4. The van der Waals surface area contributed by atoms with Gasteiger partial charge in [0.05, 0.1) is 10.6 Å². The molecule has 0 bridgehead atoms. The molecule has 0 spiro atoms. The van der Waals surface area contributed by atoms with Crippen LogP contribution in [0.25, 0.3) is 0 Å². The molecule has 154 valence electrons. The van der Waals surface area contributed by atoms with Gasteiger partial charge in [0.1, 0.15) is 5.82 Å². The highest BCUT2D eigenvalue weighted by atomic mass is 32.2. The van der Waals surface area contributed by atoms with Crippen LogP contribution in [0, 0.1) is 5.82 Å². The summed E-state index contributed by atoms with van der Waals surface area (Å²) in [6.07, 6.45) is 1.61. The fourth-order valence-corrected chi connectivity index (χ4v) is 5.13. The van der Waals surface area contributed by atoms with Gasteiger partial charge in [-0.2, -0.15) is 0 Å². The quantitative estimate of drug-likeness (QED) is 0.676. The molecule has 0 atom stereocenters. The summed E-state index contributed by atoms with van der Waals surface area (Å²) in [5, 5.41) is 2.71. The molecule has 1 aliphatic rings. The van der Waals surface area contributed by atoms with Gasteiger partial charge in [0, 0.05) is 18.7 Å². The van der Waals surface area contributed by atoms with Crippen molar-refractivity contribution in [2.24, 2.45) is 0 Å². The highest BCUT2D eigenvalue weighted by Crippen LogP contribution is 2.31. The van der Waals surface area contributed by atoms with Crippen molar-refractivity contribution in [1.29, 1.82) is 0 Å². The van der Waals surface area contributed by atoms with Crippen molar-refractivity contribution in [3.8, 4) is 0 Å². The number of amides is 1. The van der Waals surface area contributed by atoms with E-state index in [-0.39, 0.29) is 23.2 Å². The maximum Gasteiger partial charge on any atom is 0.264 e. The van der Waals surface area contributed by atoms with Gasteiger partial charge in [-0.15, -0.1) is 0 Å². The Morgan fingerprint density at radius 2 is 1.77 bits per heavy atom. The lowest BCUT2D eigenvalue weighted by Gasteiger charge is -2.30. The normalized spacial score (nSPS) is 13.6. The summed E-state index contributed by atoms with van der Waals surface area (Å²) >= 11 is 0. The number of hydrogen-bond acceptors (Lipinski definition) is 3. The van der Waals surface area contributed by atoms with E-state index in [2.05, 4.69) is 5.32 Å². The highest BCUT2D eigenvalue weighted by molar-refractivity contribution is 7.92. The Hall–Kier alpha value is -3.19. The van der Waals surface area contributed by atoms with Crippen LogP contribution in [-0.2, 0) is 23.0 Å². The Bertz CT molecular complexity index is 1180. The van der Waals surface area contributed by atoms with Crippen LogP contribution >= 0.6 is 0 Å². The van der Waals surface area contributed by atoms with Crippen molar-refractivity contribution in [1.82, 2.24) is 5.32 Å². The first-order valence-electron chi connectivity index (χ1n) is 9.68. The number of nitrogens with zero attached hydrogens (tertiary/aromatic N) is 1. The molecule has 0 saturated carbocycles. The van der Waals surface area contributed by atoms with Gasteiger partial charge >= 0.3 is 0 Å². The van der Waals surface area contributed by atoms with Gasteiger partial charge in [-0.05, 0) is 66.4 Å². The summed E-state index contributed by atoms with van der Waals surface area (Å²) in [4.78, 5) is 12.5. The average Bonchev–Trinajstić information content (AvgIpc) is 2.77. The van der Waals surface area contributed by atoms with Crippen LogP contribution in [0.2, 0.25) is 0 Å². The van der Waals surface area contributed by atoms with Crippen molar-refractivity contribution in [2.75, 3.05) is 10.8 Å². The number of hydrogen-bond donors (Lipinski definition) is 1. The van der Waals surface area contributed by atoms with Gasteiger partial charge in [-0.25, -0.2) is 12.8 Å². The average molecular weight is 424 g/mol. The maximum atomic E-state index is 13.2. The van der Waals surface area contributed by atoms with E-state index in [0.29, 0.717) is 23.4 Å². The van der Waals surface area contributed by atoms with Crippen LogP contribution in [0.15, 0.2) is 77.7 Å². The van der Waals surface area contributed by atoms with Gasteiger partial charge in [0.25, 0.3) is 15.9 Å². The van der Waals surface area contributed by atoms with Crippen LogP contribution in [0.4, 0.5) is 10.1 Å². The largest absolute Gasteiger partial charge is 0.348 e. The number of sulfonamides is 1. The van der Waals surface area contributed by atoms with Gasteiger partial charge in [-0.1, -0.05) is 30.3 Å². The van der Waals surface area contributed by atoms with Crippen molar-refractivity contribution in [3.63, 3.8) is 0 Å². The van der Waals surface area contributed by atoms with E-state index in [0.717, 1.165) is 18.4 Å². The molecule has 1 aliphatic heterocycles. The number of aryl methyl sites for hydroxylation is 1. The third-order valence-corrected chi connectivity index (χ3v) is 6.94. The van der Waals surface area contributed by atoms with Crippen LogP contribution in [-0.4, -0.2) is 20.9 Å². The lowest BCUT2D eigenvalue weighted by molar-refractivity contribution is 0.0950. The zero-order valence-corrected chi connectivity index (χ0v) is 17.0. The molecule has 3 aromatic rings. The Balaban J connectivity index is 1.50. The molecule has 3 aromatic carbocycles. The standard InChI is InChI=1S/C23H21FN2O3S/c24-20-8-3-5-17(15-20)16-25-23(27)19-10-12-21(13-11-19)30(28,29)26-14-4-7-18-6-1-2-9-22(18)26/h1-3,5-6,8-13,15H,4,7,14,16H2,(H,25,27). The summed E-state index contributed by atoms with van der Waals surface area (Å²) < 4.78 is 41.0. The van der Waals surface area contributed by atoms with Gasteiger partial charge in [0.2, 0.25) is 0 Å². The number of fused-ring (bicyclic) bond motifs is 1. The lowest BCUT2D eigenvalue weighted by Crippen LogP contribution is -2.35. The van der Waals surface area contributed by atoms with Crippen LogP contribution in [0.5, 0.6) is 0 Å². The SMILES string of the molecule is O=C(NCc1cccc(F)c1)c1ccc(S(=O)(=O)N2CCCc3ccccc32)cc1. The minimum Gasteiger partial charge on any atom is -0.348 e. The Morgan fingerprint density at radius 3 is 2.53 bits per heavy atom. The number of nitrogens with one attached hydrogen (secondary N) is 1. The molecular formula is C23H21FN2O3S. The third-order valence-electron chi connectivity index (χ3n) is 5.11. The highest BCUT2D eigenvalue weighted by Gasteiger charge is 2.28. The fourth-order valence-electron chi connectivity index (χ4n) is 3.59. The second kappa shape index (κ2) is 8.28. The molecule has 0 unspecified atom stereocenters. The predicted octanol–water partition coefficient (Wildman–Crippen LogP) is 3.90. The van der Waals surface area contributed by atoms with E-state index in [1.54, 1.807) is 12.1 Å². The second-order valence-corrected chi connectivity index (χ2v) is 9.01. The molecule has 4 rings (SSSR count). The van der Waals surface area contributed by atoms with Crippen LogP contribution in [0.1, 0.15) is 27.9 Å². The monoisotopic (exact) mass is 424 g/mol. The minimum absolute atomic E-state index is 0.140. The summed E-state index contributed by atoms with van der Waals surface area (Å²) in [5.74, 6) is -0.720. The molecule has 0 fully saturated rings. The minimum atomic E-state index is -3.72. The molecule has 1 N–H and O–H groups in total. The van der Waals surface area contributed by atoms with Crippen molar-refractivity contribution < 1.29 is 17.6 Å². The number of para-hydroxylation sites is 1. The first-order valence-corrected chi connectivity index (χ1v) is 11.1.